The average molecular weight is 372 g/mol. The van der Waals surface area contributed by atoms with E-state index in [2.05, 4.69) is 10.3 Å². The maximum absolute atomic E-state index is 13.3. The number of thiazole rings is 1. The van der Waals surface area contributed by atoms with Crippen LogP contribution in [0.2, 0.25) is 0 Å². The number of aromatic nitrogens is 1. The molecule has 0 saturated carbocycles. The molecule has 0 aliphatic carbocycles. The first-order valence-corrected chi connectivity index (χ1v) is 8.64. The normalized spacial score (nSPS) is 10.4. The molecule has 7 heteroatoms. The summed E-state index contributed by atoms with van der Waals surface area (Å²) in [7, 11) is 2.99. The smallest absolute Gasteiger partial charge is 0.261 e. The van der Waals surface area contributed by atoms with Crippen molar-refractivity contribution in [3.63, 3.8) is 0 Å². The minimum absolute atomic E-state index is 0.273. The van der Waals surface area contributed by atoms with Gasteiger partial charge in [-0.2, -0.15) is 0 Å². The standard InChI is InChI=1S/C19H17FN2O3S/c1-24-16-8-4-7-15(17(16)25-2)18(23)22-19-21-11-14(26-19)10-12-5-3-6-13(20)9-12/h3-9,11H,10H2,1-2H3,(H,21,22,23). The summed E-state index contributed by atoms with van der Waals surface area (Å²) in [5, 5.41) is 3.22. The number of carbonyl (C=O) groups excluding carboxylic acids is 1. The highest BCUT2D eigenvalue weighted by Crippen LogP contribution is 2.31. The second-order valence-corrected chi connectivity index (χ2v) is 6.55. The molecule has 3 aromatic rings. The highest BCUT2D eigenvalue weighted by molar-refractivity contribution is 7.15. The van der Waals surface area contributed by atoms with Crippen LogP contribution in [0.15, 0.2) is 48.7 Å². The monoisotopic (exact) mass is 372 g/mol. The summed E-state index contributed by atoms with van der Waals surface area (Å²) < 4.78 is 23.8. The second kappa shape index (κ2) is 7.97. The van der Waals surface area contributed by atoms with Crippen LogP contribution in [0.5, 0.6) is 11.5 Å². The predicted octanol–water partition coefficient (Wildman–Crippen LogP) is 4.14. The van der Waals surface area contributed by atoms with Crippen LogP contribution in [-0.4, -0.2) is 25.1 Å². The molecular formula is C19H17FN2O3S. The highest BCUT2D eigenvalue weighted by atomic mass is 32.1. The number of amides is 1. The number of nitrogens with one attached hydrogen (secondary N) is 1. The Hall–Kier alpha value is -2.93. The van der Waals surface area contributed by atoms with Gasteiger partial charge in [0.25, 0.3) is 5.91 Å². The number of anilines is 1. The lowest BCUT2D eigenvalue weighted by atomic mass is 10.1. The van der Waals surface area contributed by atoms with E-state index in [9.17, 15) is 9.18 Å². The van der Waals surface area contributed by atoms with Crippen LogP contribution in [0.4, 0.5) is 9.52 Å². The van der Waals surface area contributed by atoms with Crippen LogP contribution < -0.4 is 14.8 Å². The summed E-state index contributed by atoms with van der Waals surface area (Å²) >= 11 is 1.34. The number of carbonyl (C=O) groups is 1. The van der Waals surface area contributed by atoms with Crippen molar-refractivity contribution in [2.75, 3.05) is 19.5 Å². The van der Waals surface area contributed by atoms with Crippen molar-refractivity contribution in [2.24, 2.45) is 0 Å². The number of ether oxygens (including phenoxy) is 2. The lowest BCUT2D eigenvalue weighted by Crippen LogP contribution is -2.13. The molecule has 0 aliphatic heterocycles. The fourth-order valence-electron chi connectivity index (χ4n) is 2.53. The van der Waals surface area contributed by atoms with Crippen molar-refractivity contribution >= 4 is 22.4 Å². The summed E-state index contributed by atoms with van der Waals surface area (Å²) in [5.74, 6) is 0.230. The van der Waals surface area contributed by atoms with Crippen molar-refractivity contribution in [3.05, 3.63) is 70.5 Å². The van der Waals surface area contributed by atoms with Gasteiger partial charge in [-0.3, -0.25) is 10.1 Å². The molecule has 0 aliphatic rings. The van der Waals surface area contributed by atoms with Crippen molar-refractivity contribution in [1.82, 2.24) is 4.98 Å². The Balaban J connectivity index is 1.74. The minimum Gasteiger partial charge on any atom is -0.493 e. The molecule has 134 valence electrons. The molecular weight excluding hydrogens is 355 g/mol. The number of para-hydroxylation sites is 1. The van der Waals surface area contributed by atoms with Gasteiger partial charge in [-0.25, -0.2) is 9.37 Å². The zero-order valence-corrected chi connectivity index (χ0v) is 15.1. The lowest BCUT2D eigenvalue weighted by molar-refractivity contribution is 0.102. The zero-order valence-electron chi connectivity index (χ0n) is 14.3. The molecule has 1 amide bonds. The van der Waals surface area contributed by atoms with E-state index in [-0.39, 0.29) is 11.7 Å². The number of nitrogens with zero attached hydrogens (tertiary/aromatic N) is 1. The average Bonchev–Trinajstić information content (AvgIpc) is 3.07. The Morgan fingerprint density at radius 3 is 2.73 bits per heavy atom. The maximum Gasteiger partial charge on any atom is 0.261 e. The molecule has 1 N–H and O–H groups in total. The van der Waals surface area contributed by atoms with Crippen molar-refractivity contribution in [2.45, 2.75) is 6.42 Å². The molecule has 0 saturated heterocycles. The summed E-state index contributed by atoms with van der Waals surface area (Å²) in [6.07, 6.45) is 2.22. The molecule has 0 fully saturated rings. The molecule has 26 heavy (non-hydrogen) atoms. The Morgan fingerprint density at radius 1 is 1.19 bits per heavy atom. The van der Waals surface area contributed by atoms with E-state index in [4.69, 9.17) is 9.47 Å². The third-order valence-corrected chi connectivity index (χ3v) is 4.60. The van der Waals surface area contributed by atoms with Gasteiger partial charge in [0.05, 0.1) is 19.8 Å². The number of benzene rings is 2. The van der Waals surface area contributed by atoms with Gasteiger partial charge in [0.2, 0.25) is 0 Å². The third-order valence-electron chi connectivity index (χ3n) is 3.69. The Bertz CT molecular complexity index is 927. The number of halogens is 1. The van der Waals surface area contributed by atoms with Crippen molar-refractivity contribution in [3.8, 4) is 11.5 Å². The zero-order chi connectivity index (χ0) is 18.5. The van der Waals surface area contributed by atoms with Gasteiger partial charge < -0.3 is 9.47 Å². The number of rotatable bonds is 6. The molecule has 3 rings (SSSR count). The third kappa shape index (κ3) is 4.00. The van der Waals surface area contributed by atoms with Crippen LogP contribution in [0.1, 0.15) is 20.8 Å². The van der Waals surface area contributed by atoms with Crippen LogP contribution in [-0.2, 0) is 6.42 Å². The van der Waals surface area contributed by atoms with E-state index in [1.165, 1.54) is 37.7 Å². The van der Waals surface area contributed by atoms with E-state index >= 15 is 0 Å². The fraction of sp³-hybridized carbons (Fsp3) is 0.158. The van der Waals surface area contributed by atoms with Gasteiger partial charge in [0, 0.05) is 17.5 Å². The summed E-state index contributed by atoms with van der Waals surface area (Å²) in [5.41, 5.74) is 1.20. The van der Waals surface area contributed by atoms with Gasteiger partial charge in [0.15, 0.2) is 16.6 Å². The van der Waals surface area contributed by atoms with Gasteiger partial charge in [-0.1, -0.05) is 18.2 Å². The van der Waals surface area contributed by atoms with E-state index in [1.54, 1.807) is 30.5 Å². The van der Waals surface area contributed by atoms with Crippen LogP contribution in [0, 0.1) is 5.82 Å². The Kier molecular flexibility index (Phi) is 5.48. The first-order chi connectivity index (χ1) is 12.6. The Morgan fingerprint density at radius 2 is 2.00 bits per heavy atom. The van der Waals surface area contributed by atoms with Crippen LogP contribution in [0.3, 0.4) is 0 Å². The second-order valence-electron chi connectivity index (χ2n) is 5.43. The quantitative estimate of drug-likeness (QED) is 0.706. The fourth-order valence-corrected chi connectivity index (χ4v) is 3.37. The molecule has 2 aromatic carbocycles. The molecule has 0 radical (unpaired) electrons. The number of methoxy groups -OCH3 is 2. The highest BCUT2D eigenvalue weighted by Gasteiger charge is 2.17. The summed E-state index contributed by atoms with van der Waals surface area (Å²) in [6.45, 7) is 0. The molecule has 5 nitrogen and oxygen atoms in total. The van der Waals surface area contributed by atoms with E-state index < -0.39 is 0 Å². The van der Waals surface area contributed by atoms with E-state index in [0.717, 1.165) is 10.4 Å². The van der Waals surface area contributed by atoms with E-state index in [1.807, 2.05) is 6.07 Å². The van der Waals surface area contributed by atoms with Gasteiger partial charge in [0.1, 0.15) is 5.82 Å². The van der Waals surface area contributed by atoms with Crippen molar-refractivity contribution < 1.29 is 18.7 Å². The van der Waals surface area contributed by atoms with Crippen LogP contribution >= 0.6 is 11.3 Å². The SMILES string of the molecule is COc1cccc(C(=O)Nc2ncc(Cc3cccc(F)c3)s2)c1OC. The molecule has 0 spiro atoms. The largest absolute Gasteiger partial charge is 0.493 e. The predicted molar refractivity (Wildman–Crippen MR) is 98.8 cm³/mol. The lowest BCUT2D eigenvalue weighted by Gasteiger charge is -2.11. The Labute approximate surface area is 154 Å². The topological polar surface area (TPSA) is 60.5 Å². The molecule has 0 unspecified atom stereocenters. The summed E-state index contributed by atoms with van der Waals surface area (Å²) in [4.78, 5) is 17.7. The van der Waals surface area contributed by atoms with E-state index in [0.29, 0.717) is 28.6 Å². The minimum atomic E-state index is -0.340. The van der Waals surface area contributed by atoms with Crippen molar-refractivity contribution in [1.29, 1.82) is 0 Å². The van der Waals surface area contributed by atoms with Crippen LogP contribution in [0.25, 0.3) is 0 Å². The molecule has 1 aromatic heterocycles. The van der Waals surface area contributed by atoms with Gasteiger partial charge in [-0.15, -0.1) is 11.3 Å². The molecule has 0 atom stereocenters. The number of hydrogen-bond acceptors (Lipinski definition) is 5. The summed E-state index contributed by atoms with van der Waals surface area (Å²) in [6, 6.07) is 11.5. The first-order valence-electron chi connectivity index (χ1n) is 7.82. The number of hydrogen-bond donors (Lipinski definition) is 1. The molecule has 1 heterocycles. The maximum atomic E-state index is 13.3. The molecule has 0 bridgehead atoms. The van der Waals surface area contributed by atoms with Gasteiger partial charge >= 0.3 is 0 Å². The first kappa shape index (κ1) is 17.9. The van der Waals surface area contributed by atoms with Gasteiger partial charge in [-0.05, 0) is 29.8 Å².